The predicted molar refractivity (Wildman–Crippen MR) is 71.1 cm³/mol. The number of rotatable bonds is 5. The number of nitrogens with zero attached hydrogens (tertiary/aromatic N) is 1. The van der Waals surface area contributed by atoms with Gasteiger partial charge in [0, 0.05) is 13.6 Å². The topological polar surface area (TPSA) is 61.4 Å². The van der Waals surface area contributed by atoms with Gasteiger partial charge in [0.05, 0.1) is 12.6 Å². The van der Waals surface area contributed by atoms with Gasteiger partial charge in [0.1, 0.15) is 0 Å². The van der Waals surface area contributed by atoms with E-state index in [1.54, 1.807) is 7.05 Å². The zero-order valence-electron chi connectivity index (χ0n) is 11.7. The number of carbonyl (C=O) groups excluding carboxylic acids is 2. The van der Waals surface area contributed by atoms with Crippen LogP contribution < -0.4 is 10.6 Å². The number of carbonyl (C=O) groups is 2. The minimum absolute atomic E-state index is 0.0226. The van der Waals surface area contributed by atoms with E-state index in [1.165, 1.54) is 4.90 Å². The van der Waals surface area contributed by atoms with Gasteiger partial charge in [0.15, 0.2) is 0 Å². The molecule has 104 valence electrons. The van der Waals surface area contributed by atoms with Gasteiger partial charge >= 0.3 is 0 Å². The van der Waals surface area contributed by atoms with Crippen molar-refractivity contribution in [3.63, 3.8) is 0 Å². The lowest BCUT2D eigenvalue weighted by molar-refractivity contribution is -0.136. The van der Waals surface area contributed by atoms with E-state index in [0.717, 1.165) is 25.8 Å². The van der Waals surface area contributed by atoms with Gasteiger partial charge in [-0.2, -0.15) is 0 Å². The summed E-state index contributed by atoms with van der Waals surface area (Å²) in [6.45, 7) is 5.78. The Hall–Kier alpha value is -1.10. The van der Waals surface area contributed by atoms with Crippen molar-refractivity contribution in [3.05, 3.63) is 0 Å². The number of amides is 2. The molecule has 0 bridgehead atoms. The standard InChI is InChI=1S/C13H25N3O2/c1-10(2)8-15-12(17)9-16(3)13(18)11-6-4-5-7-14-11/h10-11,14H,4-9H2,1-3H3,(H,15,17)/t11-/m0/s1. The number of likely N-dealkylation sites (N-methyl/N-ethyl adjacent to an activating group) is 1. The van der Waals surface area contributed by atoms with Crippen molar-refractivity contribution in [3.8, 4) is 0 Å². The Balaban J connectivity index is 2.32. The molecule has 1 atom stereocenters. The van der Waals surface area contributed by atoms with E-state index >= 15 is 0 Å². The van der Waals surface area contributed by atoms with Crippen LogP contribution >= 0.6 is 0 Å². The van der Waals surface area contributed by atoms with Crippen molar-refractivity contribution < 1.29 is 9.59 Å². The second kappa shape index (κ2) is 7.36. The van der Waals surface area contributed by atoms with Crippen LogP contribution in [0.1, 0.15) is 33.1 Å². The first-order chi connectivity index (χ1) is 8.50. The van der Waals surface area contributed by atoms with E-state index in [4.69, 9.17) is 0 Å². The number of hydrogen-bond donors (Lipinski definition) is 2. The molecule has 5 heteroatoms. The highest BCUT2D eigenvalue weighted by molar-refractivity contribution is 5.87. The third-order valence-corrected chi connectivity index (χ3v) is 3.07. The SMILES string of the molecule is CC(C)CNC(=O)CN(C)C(=O)[C@@H]1CCCCN1. The molecule has 0 aromatic carbocycles. The maximum absolute atomic E-state index is 12.1. The number of nitrogens with one attached hydrogen (secondary N) is 2. The Morgan fingerprint density at radius 2 is 2.11 bits per heavy atom. The van der Waals surface area contributed by atoms with Crippen molar-refractivity contribution in [2.24, 2.45) is 5.92 Å². The molecule has 0 spiro atoms. The van der Waals surface area contributed by atoms with Crippen molar-refractivity contribution >= 4 is 11.8 Å². The first-order valence-electron chi connectivity index (χ1n) is 6.75. The average Bonchev–Trinajstić information content (AvgIpc) is 2.36. The average molecular weight is 255 g/mol. The van der Waals surface area contributed by atoms with Gasteiger partial charge in [0.2, 0.25) is 11.8 Å². The maximum atomic E-state index is 12.1. The fourth-order valence-electron chi connectivity index (χ4n) is 2.00. The van der Waals surface area contributed by atoms with Crippen molar-refractivity contribution in [2.45, 2.75) is 39.2 Å². The number of hydrogen-bond acceptors (Lipinski definition) is 3. The minimum Gasteiger partial charge on any atom is -0.354 e. The van der Waals surface area contributed by atoms with Gasteiger partial charge in [-0.1, -0.05) is 20.3 Å². The van der Waals surface area contributed by atoms with Crippen molar-refractivity contribution in [2.75, 3.05) is 26.7 Å². The van der Waals surface area contributed by atoms with Crippen LogP contribution in [0.15, 0.2) is 0 Å². The highest BCUT2D eigenvalue weighted by Crippen LogP contribution is 2.08. The van der Waals surface area contributed by atoms with Gasteiger partial charge in [-0.15, -0.1) is 0 Å². The summed E-state index contributed by atoms with van der Waals surface area (Å²) >= 11 is 0. The highest BCUT2D eigenvalue weighted by Gasteiger charge is 2.24. The zero-order valence-corrected chi connectivity index (χ0v) is 11.7. The summed E-state index contributed by atoms with van der Waals surface area (Å²) in [6.07, 6.45) is 3.08. The monoisotopic (exact) mass is 255 g/mol. The quantitative estimate of drug-likeness (QED) is 0.745. The van der Waals surface area contributed by atoms with E-state index in [1.807, 2.05) is 13.8 Å². The summed E-state index contributed by atoms with van der Waals surface area (Å²) in [5, 5.41) is 6.02. The predicted octanol–water partition coefficient (Wildman–Crippen LogP) is 0.359. The molecule has 0 aliphatic carbocycles. The molecule has 1 aliphatic rings. The molecule has 1 fully saturated rings. The van der Waals surface area contributed by atoms with Crippen LogP contribution in [0.4, 0.5) is 0 Å². The highest BCUT2D eigenvalue weighted by atomic mass is 16.2. The summed E-state index contributed by atoms with van der Waals surface area (Å²) in [6, 6.07) is -0.110. The van der Waals surface area contributed by atoms with Crippen LogP contribution in [-0.2, 0) is 9.59 Å². The number of piperidine rings is 1. The van der Waals surface area contributed by atoms with E-state index < -0.39 is 0 Å². The molecule has 18 heavy (non-hydrogen) atoms. The summed E-state index contributed by atoms with van der Waals surface area (Å²) in [7, 11) is 1.69. The fraction of sp³-hybridized carbons (Fsp3) is 0.846. The molecule has 1 rings (SSSR count). The van der Waals surface area contributed by atoms with Crippen LogP contribution in [0.5, 0.6) is 0 Å². The first kappa shape index (κ1) is 15.0. The molecule has 0 saturated carbocycles. The lowest BCUT2D eigenvalue weighted by atomic mass is 10.0. The smallest absolute Gasteiger partial charge is 0.239 e. The van der Waals surface area contributed by atoms with E-state index in [-0.39, 0.29) is 24.4 Å². The van der Waals surface area contributed by atoms with Gasteiger partial charge in [-0.05, 0) is 25.3 Å². The van der Waals surface area contributed by atoms with Gasteiger partial charge in [0.25, 0.3) is 0 Å². The molecule has 5 nitrogen and oxygen atoms in total. The molecule has 0 unspecified atom stereocenters. The molecule has 1 aliphatic heterocycles. The molecule has 2 N–H and O–H groups in total. The molecular formula is C13H25N3O2. The van der Waals surface area contributed by atoms with Crippen molar-refractivity contribution in [1.29, 1.82) is 0 Å². The lowest BCUT2D eigenvalue weighted by Gasteiger charge is -2.27. The van der Waals surface area contributed by atoms with Crippen molar-refractivity contribution in [1.82, 2.24) is 15.5 Å². The van der Waals surface area contributed by atoms with Crippen LogP contribution in [0.25, 0.3) is 0 Å². The Morgan fingerprint density at radius 3 is 2.67 bits per heavy atom. The summed E-state index contributed by atoms with van der Waals surface area (Å²) < 4.78 is 0. The fourth-order valence-corrected chi connectivity index (χ4v) is 2.00. The van der Waals surface area contributed by atoms with E-state index in [0.29, 0.717) is 12.5 Å². The second-order valence-corrected chi connectivity index (χ2v) is 5.39. The largest absolute Gasteiger partial charge is 0.354 e. The first-order valence-corrected chi connectivity index (χ1v) is 6.75. The Kier molecular flexibility index (Phi) is 6.12. The summed E-state index contributed by atoms with van der Waals surface area (Å²) in [4.78, 5) is 25.2. The molecule has 1 saturated heterocycles. The second-order valence-electron chi connectivity index (χ2n) is 5.39. The molecule has 2 amide bonds. The van der Waals surface area contributed by atoms with E-state index in [2.05, 4.69) is 10.6 Å². The maximum Gasteiger partial charge on any atom is 0.239 e. The molecule has 0 aromatic heterocycles. The summed E-state index contributed by atoms with van der Waals surface area (Å²) in [5.74, 6) is 0.361. The van der Waals surface area contributed by atoms with Gasteiger partial charge < -0.3 is 15.5 Å². The normalized spacial score (nSPS) is 19.7. The van der Waals surface area contributed by atoms with Gasteiger partial charge in [-0.25, -0.2) is 0 Å². The van der Waals surface area contributed by atoms with Crippen LogP contribution in [0.2, 0.25) is 0 Å². The van der Waals surface area contributed by atoms with E-state index in [9.17, 15) is 9.59 Å². The Bertz CT molecular complexity index is 286. The molecular weight excluding hydrogens is 230 g/mol. The van der Waals surface area contributed by atoms with Crippen LogP contribution in [0.3, 0.4) is 0 Å². The summed E-state index contributed by atoms with van der Waals surface area (Å²) in [5.41, 5.74) is 0. The van der Waals surface area contributed by atoms with Crippen LogP contribution in [-0.4, -0.2) is 49.4 Å². The zero-order chi connectivity index (χ0) is 13.5. The molecule has 1 heterocycles. The third kappa shape index (κ3) is 5.04. The lowest BCUT2D eigenvalue weighted by Crippen LogP contribution is -2.49. The van der Waals surface area contributed by atoms with Crippen LogP contribution in [0, 0.1) is 5.92 Å². The molecule has 0 aromatic rings. The third-order valence-electron chi connectivity index (χ3n) is 3.07. The Morgan fingerprint density at radius 1 is 1.39 bits per heavy atom. The minimum atomic E-state index is -0.110. The molecule has 0 radical (unpaired) electrons. The van der Waals surface area contributed by atoms with Gasteiger partial charge in [-0.3, -0.25) is 9.59 Å². The Labute approximate surface area is 109 Å².